The van der Waals surface area contributed by atoms with Crippen molar-refractivity contribution in [2.45, 2.75) is 0 Å². The minimum Gasteiger partial charge on any atom is -0.465 e. The number of aromatic nitrogens is 2. The third-order valence-corrected chi connectivity index (χ3v) is 3.20. The number of carbonyl (C=O) groups excluding carboxylic acids is 1. The van der Waals surface area contributed by atoms with Crippen LogP contribution in [0.5, 0.6) is 0 Å². The lowest BCUT2D eigenvalue weighted by Crippen LogP contribution is -2.12. The lowest BCUT2D eigenvalue weighted by atomic mass is 10.2. The number of ether oxygens (including phenoxy) is 1. The summed E-state index contributed by atoms with van der Waals surface area (Å²) in [6, 6.07) is 13.9. The van der Waals surface area contributed by atoms with E-state index in [0.717, 1.165) is 0 Å². The number of aromatic amines is 1. The second kappa shape index (κ2) is 5.69. The normalized spacial score (nSPS) is 10.4. The van der Waals surface area contributed by atoms with Gasteiger partial charge in [0.25, 0.3) is 5.56 Å². The van der Waals surface area contributed by atoms with Gasteiger partial charge in [-0.05, 0) is 24.3 Å². The molecule has 3 rings (SSSR count). The van der Waals surface area contributed by atoms with Crippen molar-refractivity contribution < 1.29 is 9.53 Å². The average Bonchev–Trinajstić information content (AvgIpc) is 2.55. The Bertz CT molecular complexity index is 902. The summed E-state index contributed by atoms with van der Waals surface area (Å²) in [5, 5.41) is 3.46. The summed E-state index contributed by atoms with van der Waals surface area (Å²) in [5.74, 6) is -0.203. The number of rotatable bonds is 3. The van der Waals surface area contributed by atoms with Crippen molar-refractivity contribution in [3.8, 4) is 0 Å². The number of carbonyl (C=O) groups is 1. The van der Waals surface area contributed by atoms with E-state index in [1.54, 1.807) is 48.5 Å². The highest BCUT2D eigenvalue weighted by molar-refractivity contribution is 5.96. The number of H-pyrrole nitrogens is 1. The van der Waals surface area contributed by atoms with Crippen LogP contribution in [0.3, 0.4) is 0 Å². The molecule has 6 heteroatoms. The predicted octanol–water partition coefficient (Wildman–Crippen LogP) is 2.45. The third-order valence-electron chi connectivity index (χ3n) is 3.20. The summed E-state index contributed by atoms with van der Waals surface area (Å²) in [5.41, 5.74) is 1.20. The number of nitrogens with one attached hydrogen (secondary N) is 2. The van der Waals surface area contributed by atoms with Gasteiger partial charge in [0.1, 0.15) is 0 Å². The zero-order chi connectivity index (χ0) is 15.5. The molecular formula is C16H13N3O3. The molecule has 0 saturated heterocycles. The Labute approximate surface area is 125 Å². The van der Waals surface area contributed by atoms with E-state index in [-0.39, 0.29) is 11.5 Å². The molecule has 0 saturated carbocycles. The van der Waals surface area contributed by atoms with Crippen LogP contribution in [-0.2, 0) is 4.74 Å². The van der Waals surface area contributed by atoms with E-state index >= 15 is 0 Å². The standard InChI is InChI=1S/C16H13N3O3/c1-22-15(21)11-7-3-5-9-13(11)18-16-17-12-8-4-2-6-10(12)14(20)19-16/h2-9H,1H3,(H2,17,18,19,20). The molecule has 0 spiro atoms. The monoisotopic (exact) mass is 295 g/mol. The SMILES string of the molecule is COC(=O)c1ccccc1Nc1nc2ccccc2c(=O)[nH]1. The number of nitrogens with zero attached hydrogens (tertiary/aromatic N) is 1. The second-order valence-corrected chi connectivity index (χ2v) is 4.59. The number of esters is 1. The van der Waals surface area contributed by atoms with Crippen LogP contribution in [0.2, 0.25) is 0 Å². The number of fused-ring (bicyclic) bond motifs is 1. The van der Waals surface area contributed by atoms with E-state index < -0.39 is 5.97 Å². The molecule has 0 bridgehead atoms. The van der Waals surface area contributed by atoms with Gasteiger partial charge in [-0.25, -0.2) is 9.78 Å². The van der Waals surface area contributed by atoms with Gasteiger partial charge in [-0.3, -0.25) is 9.78 Å². The van der Waals surface area contributed by atoms with Crippen LogP contribution >= 0.6 is 0 Å². The van der Waals surface area contributed by atoms with Crippen LogP contribution in [0.25, 0.3) is 10.9 Å². The maximum absolute atomic E-state index is 12.0. The molecule has 110 valence electrons. The molecule has 0 aliphatic heterocycles. The average molecular weight is 295 g/mol. The van der Waals surface area contributed by atoms with Crippen molar-refractivity contribution in [3.63, 3.8) is 0 Å². The molecule has 22 heavy (non-hydrogen) atoms. The van der Waals surface area contributed by atoms with Crippen LogP contribution in [0.15, 0.2) is 53.3 Å². The van der Waals surface area contributed by atoms with Gasteiger partial charge in [0.15, 0.2) is 0 Å². The number of hydrogen-bond acceptors (Lipinski definition) is 5. The number of benzene rings is 2. The number of para-hydroxylation sites is 2. The van der Waals surface area contributed by atoms with Gasteiger partial charge in [0.2, 0.25) is 5.95 Å². The summed E-state index contributed by atoms with van der Waals surface area (Å²) in [4.78, 5) is 30.8. The molecule has 0 atom stereocenters. The van der Waals surface area contributed by atoms with Crippen LogP contribution in [-0.4, -0.2) is 23.0 Å². The molecule has 2 aromatic carbocycles. The van der Waals surface area contributed by atoms with Gasteiger partial charge in [-0.15, -0.1) is 0 Å². The van der Waals surface area contributed by atoms with E-state index in [1.165, 1.54) is 7.11 Å². The van der Waals surface area contributed by atoms with Crippen molar-refractivity contribution in [2.75, 3.05) is 12.4 Å². The van der Waals surface area contributed by atoms with Gasteiger partial charge in [-0.1, -0.05) is 24.3 Å². The zero-order valence-electron chi connectivity index (χ0n) is 11.8. The first-order chi connectivity index (χ1) is 10.7. The molecule has 0 radical (unpaired) electrons. The molecule has 3 aromatic rings. The molecule has 6 nitrogen and oxygen atoms in total. The van der Waals surface area contributed by atoms with Crippen molar-refractivity contribution in [1.82, 2.24) is 9.97 Å². The first-order valence-electron chi connectivity index (χ1n) is 6.62. The minimum absolute atomic E-state index is 0.247. The van der Waals surface area contributed by atoms with Crippen molar-refractivity contribution in [2.24, 2.45) is 0 Å². The fourth-order valence-electron chi connectivity index (χ4n) is 2.15. The molecule has 0 amide bonds. The van der Waals surface area contributed by atoms with Crippen LogP contribution in [0, 0.1) is 0 Å². The topological polar surface area (TPSA) is 84.1 Å². The largest absolute Gasteiger partial charge is 0.465 e. The highest BCUT2D eigenvalue weighted by atomic mass is 16.5. The Hall–Kier alpha value is -3.15. The molecule has 1 aromatic heterocycles. The Kier molecular flexibility index (Phi) is 3.57. The van der Waals surface area contributed by atoms with Gasteiger partial charge in [0, 0.05) is 0 Å². The maximum atomic E-state index is 12.0. The zero-order valence-corrected chi connectivity index (χ0v) is 11.8. The van der Waals surface area contributed by atoms with Crippen molar-refractivity contribution in [3.05, 3.63) is 64.4 Å². The maximum Gasteiger partial charge on any atom is 0.339 e. The summed E-state index contributed by atoms with van der Waals surface area (Å²) in [6.45, 7) is 0. The second-order valence-electron chi connectivity index (χ2n) is 4.59. The van der Waals surface area contributed by atoms with Crippen LogP contribution < -0.4 is 10.9 Å². The first kappa shape index (κ1) is 13.8. The van der Waals surface area contributed by atoms with Gasteiger partial charge in [-0.2, -0.15) is 0 Å². The molecule has 2 N–H and O–H groups in total. The fraction of sp³-hybridized carbons (Fsp3) is 0.0625. The molecule has 1 heterocycles. The lowest BCUT2D eigenvalue weighted by molar-refractivity contribution is 0.0602. The highest BCUT2D eigenvalue weighted by Gasteiger charge is 2.12. The number of hydrogen-bond donors (Lipinski definition) is 2. The smallest absolute Gasteiger partial charge is 0.339 e. The Morgan fingerprint density at radius 1 is 1.14 bits per heavy atom. The van der Waals surface area contributed by atoms with E-state index in [9.17, 15) is 9.59 Å². The molecule has 0 unspecified atom stereocenters. The quantitative estimate of drug-likeness (QED) is 0.725. The van der Waals surface area contributed by atoms with Gasteiger partial charge >= 0.3 is 5.97 Å². The fourth-order valence-corrected chi connectivity index (χ4v) is 2.15. The van der Waals surface area contributed by atoms with E-state index in [0.29, 0.717) is 22.2 Å². The summed E-state index contributed by atoms with van der Waals surface area (Å²) in [6.07, 6.45) is 0. The Morgan fingerprint density at radius 2 is 1.86 bits per heavy atom. The first-order valence-corrected chi connectivity index (χ1v) is 6.62. The minimum atomic E-state index is -0.466. The number of anilines is 2. The molecule has 0 aliphatic rings. The molecule has 0 aliphatic carbocycles. The lowest BCUT2D eigenvalue weighted by Gasteiger charge is -2.10. The van der Waals surface area contributed by atoms with Crippen LogP contribution in [0.1, 0.15) is 10.4 Å². The van der Waals surface area contributed by atoms with E-state index in [4.69, 9.17) is 4.74 Å². The van der Waals surface area contributed by atoms with E-state index in [1.807, 2.05) is 0 Å². The van der Waals surface area contributed by atoms with Gasteiger partial charge in [0.05, 0.1) is 29.3 Å². The molecule has 0 fully saturated rings. The van der Waals surface area contributed by atoms with Gasteiger partial charge < -0.3 is 10.1 Å². The summed E-state index contributed by atoms with van der Waals surface area (Å²) < 4.78 is 4.74. The van der Waals surface area contributed by atoms with Crippen molar-refractivity contribution in [1.29, 1.82) is 0 Å². The highest BCUT2D eigenvalue weighted by Crippen LogP contribution is 2.19. The third kappa shape index (κ3) is 2.54. The van der Waals surface area contributed by atoms with Crippen molar-refractivity contribution >= 4 is 28.5 Å². The Balaban J connectivity index is 2.04. The Morgan fingerprint density at radius 3 is 2.68 bits per heavy atom. The summed E-state index contributed by atoms with van der Waals surface area (Å²) >= 11 is 0. The predicted molar refractivity (Wildman–Crippen MR) is 83.4 cm³/mol. The summed E-state index contributed by atoms with van der Waals surface area (Å²) in [7, 11) is 1.31. The molecular weight excluding hydrogens is 282 g/mol. The van der Waals surface area contributed by atoms with Crippen LogP contribution in [0.4, 0.5) is 11.6 Å². The van der Waals surface area contributed by atoms with E-state index in [2.05, 4.69) is 15.3 Å². The number of methoxy groups -OCH3 is 1.